The van der Waals surface area contributed by atoms with E-state index in [1.165, 1.54) is 16.9 Å². The molecule has 3 aromatic rings. The molecule has 21 heavy (non-hydrogen) atoms. The molecule has 3 rings (SSSR count). The molecule has 0 amide bonds. The summed E-state index contributed by atoms with van der Waals surface area (Å²) in [7, 11) is 0. The first-order valence-electron chi connectivity index (χ1n) is 6.26. The number of nitrogens with one attached hydrogen (secondary N) is 1. The minimum atomic E-state index is 0.615. The van der Waals surface area contributed by atoms with Gasteiger partial charge in [-0.1, -0.05) is 46.8 Å². The first-order valence-corrected chi connectivity index (χ1v) is 8.44. The van der Waals surface area contributed by atoms with Crippen LogP contribution in [0, 0.1) is 0 Å². The van der Waals surface area contributed by atoms with Crippen molar-refractivity contribution in [1.82, 2.24) is 10.2 Å². The van der Waals surface area contributed by atoms with E-state index in [0.717, 1.165) is 26.0 Å². The Hall–Kier alpha value is -1.50. The standard InChI is InChI=1S/C14H12ClN3OS2/c15-11-5-3-10(4-6-11)9-20-14-18-17-13(21-14)16-8-12-2-1-7-19-12/h1-7H,8-9H2,(H,16,17). The van der Waals surface area contributed by atoms with Crippen LogP contribution in [0.4, 0.5) is 5.13 Å². The Morgan fingerprint density at radius 2 is 2.05 bits per heavy atom. The molecule has 0 fully saturated rings. The van der Waals surface area contributed by atoms with Gasteiger partial charge >= 0.3 is 0 Å². The molecular weight excluding hydrogens is 326 g/mol. The van der Waals surface area contributed by atoms with Gasteiger partial charge in [0.1, 0.15) is 5.76 Å². The Labute approximate surface area is 135 Å². The maximum atomic E-state index is 5.87. The number of hydrogen-bond donors (Lipinski definition) is 1. The molecule has 0 atom stereocenters. The summed E-state index contributed by atoms with van der Waals surface area (Å²) in [5.74, 6) is 1.73. The Morgan fingerprint density at radius 3 is 2.81 bits per heavy atom. The number of halogens is 1. The molecule has 0 saturated heterocycles. The lowest BCUT2D eigenvalue weighted by molar-refractivity contribution is 0.518. The molecule has 7 heteroatoms. The zero-order valence-electron chi connectivity index (χ0n) is 11.0. The number of furan rings is 1. The number of nitrogens with zero attached hydrogens (tertiary/aromatic N) is 2. The SMILES string of the molecule is Clc1ccc(CSc2nnc(NCc3ccco3)s2)cc1. The van der Waals surface area contributed by atoms with Crippen LogP contribution in [-0.4, -0.2) is 10.2 Å². The molecule has 1 N–H and O–H groups in total. The first-order chi connectivity index (χ1) is 10.3. The number of hydrogen-bond acceptors (Lipinski definition) is 6. The third-order valence-electron chi connectivity index (χ3n) is 2.68. The second-order valence-corrected chi connectivity index (χ2v) is 6.86. The highest BCUT2D eigenvalue weighted by Gasteiger charge is 2.05. The zero-order chi connectivity index (χ0) is 14.5. The summed E-state index contributed by atoms with van der Waals surface area (Å²) in [4.78, 5) is 0. The van der Waals surface area contributed by atoms with Crippen molar-refractivity contribution in [1.29, 1.82) is 0 Å². The summed E-state index contributed by atoms with van der Waals surface area (Å²) < 4.78 is 6.19. The number of rotatable bonds is 6. The molecule has 0 aliphatic rings. The Balaban J connectivity index is 1.51. The van der Waals surface area contributed by atoms with E-state index in [-0.39, 0.29) is 0 Å². The maximum Gasteiger partial charge on any atom is 0.206 e. The van der Waals surface area contributed by atoms with E-state index in [0.29, 0.717) is 6.54 Å². The molecule has 0 bridgehead atoms. The molecule has 0 aliphatic carbocycles. The molecule has 0 unspecified atom stereocenters. The normalized spacial score (nSPS) is 10.7. The summed E-state index contributed by atoms with van der Waals surface area (Å²) >= 11 is 9.07. The van der Waals surface area contributed by atoms with Crippen LogP contribution in [0.5, 0.6) is 0 Å². The van der Waals surface area contributed by atoms with Crippen molar-refractivity contribution in [3.8, 4) is 0 Å². The van der Waals surface area contributed by atoms with Crippen LogP contribution < -0.4 is 5.32 Å². The van der Waals surface area contributed by atoms with Crippen LogP contribution in [-0.2, 0) is 12.3 Å². The monoisotopic (exact) mass is 337 g/mol. The summed E-state index contributed by atoms with van der Waals surface area (Å²) in [5.41, 5.74) is 1.21. The highest BCUT2D eigenvalue weighted by Crippen LogP contribution is 2.28. The van der Waals surface area contributed by atoms with Gasteiger partial charge in [-0.15, -0.1) is 10.2 Å². The lowest BCUT2D eigenvalue weighted by Gasteiger charge is -1.98. The highest BCUT2D eigenvalue weighted by atomic mass is 35.5. The Bertz CT molecular complexity index is 683. The van der Waals surface area contributed by atoms with Gasteiger partial charge in [0.15, 0.2) is 4.34 Å². The van der Waals surface area contributed by atoms with Crippen molar-refractivity contribution in [2.24, 2.45) is 0 Å². The van der Waals surface area contributed by atoms with Crippen LogP contribution in [0.25, 0.3) is 0 Å². The third-order valence-corrected chi connectivity index (χ3v) is 5.01. The fraction of sp³-hybridized carbons (Fsp3) is 0.143. The van der Waals surface area contributed by atoms with Gasteiger partial charge < -0.3 is 9.73 Å². The Kier molecular flexibility index (Phi) is 4.80. The van der Waals surface area contributed by atoms with E-state index >= 15 is 0 Å². The summed E-state index contributed by atoms with van der Waals surface area (Å²) in [6, 6.07) is 11.6. The predicted molar refractivity (Wildman–Crippen MR) is 87.0 cm³/mol. The second kappa shape index (κ2) is 6.98. The van der Waals surface area contributed by atoms with E-state index in [1.54, 1.807) is 18.0 Å². The molecule has 0 spiro atoms. The van der Waals surface area contributed by atoms with Gasteiger partial charge in [0.05, 0.1) is 12.8 Å². The minimum absolute atomic E-state index is 0.615. The fourth-order valence-corrected chi connectivity index (χ4v) is 3.47. The fourth-order valence-electron chi connectivity index (χ4n) is 1.64. The summed E-state index contributed by atoms with van der Waals surface area (Å²) in [5, 5.41) is 13.0. The van der Waals surface area contributed by atoms with Crippen molar-refractivity contribution in [3.63, 3.8) is 0 Å². The van der Waals surface area contributed by atoms with Crippen molar-refractivity contribution in [2.45, 2.75) is 16.6 Å². The molecule has 0 aliphatic heterocycles. The minimum Gasteiger partial charge on any atom is -0.467 e. The number of benzene rings is 1. The summed E-state index contributed by atoms with van der Waals surface area (Å²) in [6.45, 7) is 0.615. The number of thioether (sulfide) groups is 1. The smallest absolute Gasteiger partial charge is 0.206 e. The molecule has 0 saturated carbocycles. The number of anilines is 1. The third kappa shape index (κ3) is 4.23. The summed E-state index contributed by atoms with van der Waals surface area (Å²) in [6.07, 6.45) is 1.66. The maximum absolute atomic E-state index is 5.87. The quantitative estimate of drug-likeness (QED) is 0.661. The zero-order valence-corrected chi connectivity index (χ0v) is 13.3. The topological polar surface area (TPSA) is 51.0 Å². The van der Waals surface area contributed by atoms with Gasteiger partial charge in [-0.2, -0.15) is 0 Å². The van der Waals surface area contributed by atoms with Crippen LogP contribution >= 0.6 is 34.7 Å². The van der Waals surface area contributed by atoms with Crippen molar-refractivity contribution in [3.05, 3.63) is 59.0 Å². The van der Waals surface area contributed by atoms with E-state index < -0.39 is 0 Å². The predicted octanol–water partition coefficient (Wildman–Crippen LogP) is 4.69. The van der Waals surface area contributed by atoms with Crippen LogP contribution in [0.3, 0.4) is 0 Å². The largest absolute Gasteiger partial charge is 0.467 e. The first kappa shape index (κ1) is 14.4. The molecular formula is C14H12ClN3OS2. The van der Waals surface area contributed by atoms with Crippen LogP contribution in [0.2, 0.25) is 5.02 Å². The van der Waals surface area contributed by atoms with Gasteiger partial charge in [0.25, 0.3) is 0 Å². The van der Waals surface area contributed by atoms with Gasteiger partial charge in [-0.25, -0.2) is 0 Å². The second-order valence-electron chi connectivity index (χ2n) is 4.22. The van der Waals surface area contributed by atoms with Crippen LogP contribution in [0.1, 0.15) is 11.3 Å². The molecule has 0 radical (unpaired) electrons. The van der Waals surface area contributed by atoms with Crippen molar-refractivity contribution in [2.75, 3.05) is 5.32 Å². The molecule has 2 aromatic heterocycles. The molecule has 4 nitrogen and oxygen atoms in total. The molecule has 1 aromatic carbocycles. The van der Waals surface area contributed by atoms with E-state index in [2.05, 4.69) is 15.5 Å². The average Bonchev–Trinajstić information content (AvgIpc) is 3.16. The van der Waals surface area contributed by atoms with Gasteiger partial charge in [0.2, 0.25) is 5.13 Å². The van der Waals surface area contributed by atoms with Gasteiger partial charge in [0, 0.05) is 10.8 Å². The van der Waals surface area contributed by atoms with E-state index in [1.807, 2.05) is 36.4 Å². The lowest BCUT2D eigenvalue weighted by atomic mass is 10.2. The molecule has 108 valence electrons. The van der Waals surface area contributed by atoms with E-state index in [9.17, 15) is 0 Å². The van der Waals surface area contributed by atoms with Gasteiger partial charge in [-0.05, 0) is 29.8 Å². The Morgan fingerprint density at radius 1 is 1.19 bits per heavy atom. The average molecular weight is 338 g/mol. The van der Waals surface area contributed by atoms with E-state index in [4.69, 9.17) is 16.0 Å². The van der Waals surface area contributed by atoms with Crippen molar-refractivity contribution < 1.29 is 4.42 Å². The van der Waals surface area contributed by atoms with Crippen molar-refractivity contribution >= 4 is 39.8 Å². The lowest BCUT2D eigenvalue weighted by Crippen LogP contribution is -1.96. The highest BCUT2D eigenvalue weighted by molar-refractivity contribution is 8.00. The van der Waals surface area contributed by atoms with Gasteiger partial charge in [-0.3, -0.25) is 0 Å². The molecule has 2 heterocycles. The number of aromatic nitrogens is 2. The van der Waals surface area contributed by atoms with Crippen LogP contribution in [0.15, 0.2) is 51.4 Å².